The molecule has 0 amide bonds. The van der Waals surface area contributed by atoms with Crippen molar-refractivity contribution in [3.8, 4) is 0 Å². The Labute approximate surface area is 171 Å². The van der Waals surface area contributed by atoms with Gasteiger partial charge in [-0.3, -0.25) is 0 Å². The maximum Gasteiger partial charge on any atom is 0.111 e. The first-order chi connectivity index (χ1) is 13.1. The predicted octanol–water partition coefficient (Wildman–Crippen LogP) is 8.31. The van der Waals surface area contributed by atoms with Crippen LogP contribution in [0.5, 0.6) is 0 Å². The SMILES string of the molecule is CCCCCCCCCCCCCCCC[N+](C)(C)[C@@H](C)c1ccccc1. The van der Waals surface area contributed by atoms with Crippen LogP contribution in [0.25, 0.3) is 0 Å². The van der Waals surface area contributed by atoms with Gasteiger partial charge in [-0.05, 0) is 19.8 Å². The van der Waals surface area contributed by atoms with Crippen LogP contribution in [-0.4, -0.2) is 25.1 Å². The van der Waals surface area contributed by atoms with Gasteiger partial charge < -0.3 is 4.48 Å². The van der Waals surface area contributed by atoms with Gasteiger partial charge in [0.15, 0.2) is 0 Å². The van der Waals surface area contributed by atoms with Crippen LogP contribution in [0.4, 0.5) is 0 Å². The van der Waals surface area contributed by atoms with Crippen LogP contribution >= 0.6 is 0 Å². The summed E-state index contributed by atoms with van der Waals surface area (Å²) in [6.45, 7) is 5.96. The first-order valence-electron chi connectivity index (χ1n) is 12.0. The molecule has 1 atom stereocenters. The van der Waals surface area contributed by atoms with Gasteiger partial charge in [0.1, 0.15) is 6.04 Å². The monoisotopic (exact) mass is 374 g/mol. The van der Waals surface area contributed by atoms with Crippen molar-refractivity contribution in [2.24, 2.45) is 0 Å². The molecule has 0 aromatic heterocycles. The zero-order valence-electron chi connectivity index (χ0n) is 19.0. The molecule has 0 unspecified atom stereocenters. The predicted molar refractivity (Wildman–Crippen MR) is 122 cm³/mol. The minimum atomic E-state index is 0.577. The molecule has 1 rings (SSSR count). The number of hydrogen-bond donors (Lipinski definition) is 0. The highest BCUT2D eigenvalue weighted by Crippen LogP contribution is 2.25. The summed E-state index contributed by atoms with van der Waals surface area (Å²) < 4.78 is 1.10. The molecule has 1 heteroatoms. The molecule has 0 N–H and O–H groups in total. The average molecular weight is 375 g/mol. The lowest BCUT2D eigenvalue weighted by Crippen LogP contribution is -2.42. The maximum absolute atomic E-state index is 2.39. The van der Waals surface area contributed by atoms with Gasteiger partial charge in [0.05, 0.1) is 20.6 Å². The number of unbranched alkanes of at least 4 members (excludes halogenated alkanes) is 13. The summed E-state index contributed by atoms with van der Waals surface area (Å²) >= 11 is 0. The lowest BCUT2D eigenvalue weighted by Gasteiger charge is -2.36. The molecule has 27 heavy (non-hydrogen) atoms. The standard InChI is InChI=1S/C26H48N/c1-5-6-7-8-9-10-11-12-13-14-15-16-17-21-24-27(3,4)25(2)26-22-19-18-20-23-26/h18-20,22-23,25H,5-17,21,24H2,1-4H3/q+1/t25-/m0/s1. The third-order valence-electron chi connectivity index (χ3n) is 6.42. The third-order valence-corrected chi connectivity index (χ3v) is 6.42. The van der Waals surface area contributed by atoms with Crippen molar-refractivity contribution in [1.82, 2.24) is 0 Å². The molecular formula is C26H48N+. The van der Waals surface area contributed by atoms with Crippen molar-refractivity contribution in [3.05, 3.63) is 35.9 Å². The number of nitrogens with zero attached hydrogens (tertiary/aromatic N) is 1. The molecule has 1 nitrogen and oxygen atoms in total. The van der Waals surface area contributed by atoms with Crippen molar-refractivity contribution in [2.75, 3.05) is 20.6 Å². The fourth-order valence-corrected chi connectivity index (χ4v) is 4.04. The Morgan fingerprint density at radius 1 is 0.630 bits per heavy atom. The van der Waals surface area contributed by atoms with Gasteiger partial charge >= 0.3 is 0 Å². The number of quaternary nitrogens is 1. The van der Waals surface area contributed by atoms with Crippen LogP contribution in [0.3, 0.4) is 0 Å². The average Bonchev–Trinajstić information content (AvgIpc) is 2.68. The molecular weight excluding hydrogens is 326 g/mol. The van der Waals surface area contributed by atoms with Gasteiger partial charge in [0.25, 0.3) is 0 Å². The largest absolute Gasteiger partial charge is 0.323 e. The van der Waals surface area contributed by atoms with E-state index in [4.69, 9.17) is 0 Å². The Morgan fingerprint density at radius 3 is 1.48 bits per heavy atom. The molecule has 0 saturated carbocycles. The summed E-state index contributed by atoms with van der Waals surface area (Å²) in [6, 6.07) is 11.6. The van der Waals surface area contributed by atoms with E-state index in [2.05, 4.69) is 58.3 Å². The molecule has 156 valence electrons. The van der Waals surface area contributed by atoms with Gasteiger partial charge in [-0.2, -0.15) is 0 Å². The van der Waals surface area contributed by atoms with E-state index in [1.54, 1.807) is 0 Å². The Hall–Kier alpha value is -0.820. The molecule has 0 spiro atoms. The Morgan fingerprint density at radius 2 is 1.04 bits per heavy atom. The highest BCUT2D eigenvalue weighted by molar-refractivity contribution is 5.16. The Kier molecular flexibility index (Phi) is 13.6. The first-order valence-corrected chi connectivity index (χ1v) is 12.0. The van der Waals surface area contributed by atoms with Crippen LogP contribution in [0.2, 0.25) is 0 Å². The van der Waals surface area contributed by atoms with E-state index in [-0.39, 0.29) is 0 Å². The molecule has 0 aliphatic heterocycles. The van der Waals surface area contributed by atoms with E-state index >= 15 is 0 Å². The van der Waals surface area contributed by atoms with E-state index in [0.29, 0.717) is 6.04 Å². The Balaban J connectivity index is 1.95. The first kappa shape index (κ1) is 24.2. The van der Waals surface area contributed by atoms with E-state index in [1.165, 1.54) is 102 Å². The Bertz CT molecular complexity index is 437. The van der Waals surface area contributed by atoms with Gasteiger partial charge in [-0.25, -0.2) is 0 Å². The second-order valence-electron chi connectivity index (χ2n) is 9.19. The molecule has 0 aliphatic rings. The fourth-order valence-electron chi connectivity index (χ4n) is 4.04. The molecule has 0 aliphatic carbocycles. The van der Waals surface area contributed by atoms with E-state index in [9.17, 15) is 0 Å². The highest BCUT2D eigenvalue weighted by Gasteiger charge is 2.24. The lowest BCUT2D eigenvalue weighted by molar-refractivity contribution is -0.919. The zero-order valence-corrected chi connectivity index (χ0v) is 19.0. The van der Waals surface area contributed by atoms with Crippen molar-refractivity contribution >= 4 is 0 Å². The van der Waals surface area contributed by atoms with Crippen LogP contribution in [0.15, 0.2) is 30.3 Å². The van der Waals surface area contributed by atoms with Gasteiger partial charge in [-0.1, -0.05) is 114 Å². The molecule has 0 fully saturated rings. The van der Waals surface area contributed by atoms with Crippen molar-refractivity contribution in [1.29, 1.82) is 0 Å². The second-order valence-corrected chi connectivity index (χ2v) is 9.19. The quantitative estimate of drug-likeness (QED) is 0.190. The number of hydrogen-bond acceptors (Lipinski definition) is 0. The third kappa shape index (κ3) is 11.6. The fraction of sp³-hybridized carbons (Fsp3) is 0.769. The van der Waals surface area contributed by atoms with Gasteiger partial charge in [-0.15, -0.1) is 0 Å². The van der Waals surface area contributed by atoms with Crippen LogP contribution in [0, 0.1) is 0 Å². The minimum absolute atomic E-state index is 0.577. The molecule has 0 saturated heterocycles. The topological polar surface area (TPSA) is 0 Å². The summed E-state index contributed by atoms with van der Waals surface area (Å²) in [4.78, 5) is 0. The van der Waals surface area contributed by atoms with Gasteiger partial charge in [0.2, 0.25) is 0 Å². The zero-order chi connectivity index (χ0) is 19.8. The minimum Gasteiger partial charge on any atom is -0.323 e. The summed E-state index contributed by atoms with van der Waals surface area (Å²) in [5.41, 5.74) is 1.47. The van der Waals surface area contributed by atoms with E-state index in [0.717, 1.165) is 4.48 Å². The summed E-state index contributed by atoms with van der Waals surface area (Å²) in [5, 5.41) is 0. The molecule has 0 bridgehead atoms. The van der Waals surface area contributed by atoms with Crippen molar-refractivity contribution in [3.63, 3.8) is 0 Å². The van der Waals surface area contributed by atoms with E-state index in [1.807, 2.05) is 0 Å². The highest BCUT2D eigenvalue weighted by atomic mass is 15.3. The maximum atomic E-state index is 2.39. The van der Waals surface area contributed by atoms with Gasteiger partial charge in [0, 0.05) is 5.56 Å². The lowest BCUT2D eigenvalue weighted by atomic mass is 10.0. The van der Waals surface area contributed by atoms with Crippen molar-refractivity contribution in [2.45, 2.75) is 110 Å². The summed E-state index contributed by atoms with van der Waals surface area (Å²) in [5.74, 6) is 0. The molecule has 0 heterocycles. The smallest absolute Gasteiger partial charge is 0.111 e. The molecule has 0 radical (unpaired) electrons. The second kappa shape index (κ2) is 15.1. The van der Waals surface area contributed by atoms with Crippen LogP contribution < -0.4 is 0 Å². The van der Waals surface area contributed by atoms with Crippen LogP contribution in [-0.2, 0) is 0 Å². The number of rotatable bonds is 17. The van der Waals surface area contributed by atoms with E-state index < -0.39 is 0 Å². The summed E-state index contributed by atoms with van der Waals surface area (Å²) in [6.07, 6.45) is 20.1. The summed E-state index contributed by atoms with van der Waals surface area (Å²) in [7, 11) is 4.78. The molecule has 1 aromatic rings. The van der Waals surface area contributed by atoms with Crippen LogP contribution in [0.1, 0.15) is 115 Å². The molecule has 1 aromatic carbocycles. The normalized spacial score (nSPS) is 13.0. The number of benzene rings is 1. The van der Waals surface area contributed by atoms with Crippen molar-refractivity contribution < 1.29 is 4.48 Å².